The fraction of sp³-hybridized carbons (Fsp3) is 0. The van der Waals surface area contributed by atoms with Crippen LogP contribution in [0.5, 0.6) is 5.88 Å². The van der Waals surface area contributed by atoms with Crippen LogP contribution in [0.4, 0.5) is 5.69 Å². The number of benzene rings is 1. The summed E-state index contributed by atoms with van der Waals surface area (Å²) in [5.41, 5.74) is 0.805. The number of nitrogens with zero attached hydrogens (tertiary/aromatic N) is 4. The van der Waals surface area contributed by atoms with Crippen LogP contribution in [0.2, 0.25) is 0 Å². The number of aromatic nitrogens is 3. The van der Waals surface area contributed by atoms with Gasteiger partial charge in [0.15, 0.2) is 0 Å². The highest BCUT2D eigenvalue weighted by molar-refractivity contribution is 6.02. The zero-order chi connectivity index (χ0) is 17.9. The Balaban J connectivity index is 2.00. The summed E-state index contributed by atoms with van der Waals surface area (Å²) in [5.74, 6) is 0.143. The smallest absolute Gasteiger partial charge is 0.267 e. The second kappa shape index (κ2) is 6.60. The Bertz CT molecular complexity index is 1150. The third-order valence-electron chi connectivity index (χ3n) is 3.99. The SMILES string of the molecule is O=c1c2ccccc2c(C=Nc2ccncc2)c(O)n1-c1ccccn1. The molecule has 4 rings (SSSR count). The molecule has 126 valence electrons. The molecule has 3 heterocycles. The standard InChI is InChI=1S/C20H14N4O2/c25-19-16-6-2-1-5-15(16)17(13-23-14-8-11-21-12-9-14)20(26)24(19)18-7-3-4-10-22-18/h1-13,26H. The van der Waals surface area contributed by atoms with Gasteiger partial charge in [0.2, 0.25) is 5.88 Å². The van der Waals surface area contributed by atoms with Gasteiger partial charge in [0.05, 0.1) is 11.3 Å². The molecule has 0 aliphatic rings. The fourth-order valence-electron chi connectivity index (χ4n) is 2.76. The van der Waals surface area contributed by atoms with Crippen LogP contribution in [0.1, 0.15) is 5.56 Å². The zero-order valence-corrected chi connectivity index (χ0v) is 13.6. The van der Waals surface area contributed by atoms with Gasteiger partial charge in [-0.25, -0.2) is 9.55 Å². The van der Waals surface area contributed by atoms with Crippen LogP contribution in [0.15, 0.2) is 83.0 Å². The number of pyridine rings is 3. The molecule has 0 saturated carbocycles. The minimum atomic E-state index is -0.335. The number of rotatable bonds is 3. The van der Waals surface area contributed by atoms with Crippen molar-refractivity contribution in [2.45, 2.75) is 0 Å². The van der Waals surface area contributed by atoms with Gasteiger partial charge < -0.3 is 5.11 Å². The molecule has 0 unspecified atom stereocenters. The van der Waals surface area contributed by atoms with E-state index in [0.717, 1.165) is 0 Å². The molecule has 26 heavy (non-hydrogen) atoms. The first-order chi connectivity index (χ1) is 12.8. The summed E-state index contributed by atoms with van der Waals surface area (Å²) in [6.07, 6.45) is 6.39. The predicted octanol–water partition coefficient (Wildman–Crippen LogP) is 3.24. The van der Waals surface area contributed by atoms with Crippen LogP contribution in [-0.4, -0.2) is 25.9 Å². The number of hydrogen-bond acceptors (Lipinski definition) is 5. The number of aliphatic imine (C=N–C) groups is 1. The molecular formula is C20H14N4O2. The van der Waals surface area contributed by atoms with Gasteiger partial charge >= 0.3 is 0 Å². The molecule has 0 amide bonds. The first-order valence-corrected chi connectivity index (χ1v) is 7.98. The number of hydrogen-bond donors (Lipinski definition) is 1. The van der Waals surface area contributed by atoms with E-state index < -0.39 is 0 Å². The lowest BCUT2D eigenvalue weighted by atomic mass is 10.1. The molecule has 3 aromatic heterocycles. The second-order valence-corrected chi connectivity index (χ2v) is 5.57. The summed E-state index contributed by atoms with van der Waals surface area (Å²) in [7, 11) is 0. The van der Waals surface area contributed by atoms with E-state index in [1.807, 2.05) is 6.07 Å². The minimum absolute atomic E-state index is 0.204. The Labute approximate surface area is 148 Å². The lowest BCUT2D eigenvalue weighted by Gasteiger charge is -2.12. The lowest BCUT2D eigenvalue weighted by Crippen LogP contribution is -2.20. The van der Waals surface area contributed by atoms with E-state index in [0.29, 0.717) is 27.8 Å². The van der Waals surface area contributed by atoms with Crippen molar-refractivity contribution in [3.63, 3.8) is 0 Å². The van der Waals surface area contributed by atoms with E-state index in [2.05, 4.69) is 15.0 Å². The van der Waals surface area contributed by atoms with Crippen molar-refractivity contribution in [2.75, 3.05) is 0 Å². The van der Waals surface area contributed by atoms with Gasteiger partial charge in [-0.05, 0) is 30.3 Å². The van der Waals surface area contributed by atoms with E-state index in [9.17, 15) is 9.90 Å². The van der Waals surface area contributed by atoms with Crippen LogP contribution in [-0.2, 0) is 0 Å². The molecule has 1 aromatic carbocycles. The minimum Gasteiger partial charge on any atom is -0.494 e. The summed E-state index contributed by atoms with van der Waals surface area (Å²) >= 11 is 0. The van der Waals surface area contributed by atoms with Crippen molar-refractivity contribution in [1.82, 2.24) is 14.5 Å². The Morgan fingerprint density at radius 1 is 0.923 bits per heavy atom. The van der Waals surface area contributed by atoms with E-state index >= 15 is 0 Å². The lowest BCUT2D eigenvalue weighted by molar-refractivity contribution is 0.435. The Hall–Kier alpha value is -3.80. The third kappa shape index (κ3) is 2.73. The normalized spacial score (nSPS) is 11.2. The van der Waals surface area contributed by atoms with E-state index in [1.165, 1.54) is 4.57 Å². The van der Waals surface area contributed by atoms with Crippen LogP contribution in [0, 0.1) is 0 Å². The molecule has 1 N–H and O–H groups in total. The van der Waals surface area contributed by atoms with Crippen LogP contribution in [0.25, 0.3) is 16.6 Å². The molecule has 0 atom stereocenters. The third-order valence-corrected chi connectivity index (χ3v) is 3.99. The Kier molecular flexibility index (Phi) is 3.99. The molecule has 6 heteroatoms. The van der Waals surface area contributed by atoms with Crippen molar-refractivity contribution in [3.05, 3.63) is 89.1 Å². The summed E-state index contributed by atoms with van der Waals surface area (Å²) in [4.78, 5) is 25.4. The largest absolute Gasteiger partial charge is 0.494 e. The molecule has 0 aliphatic carbocycles. The maximum absolute atomic E-state index is 12.9. The average Bonchev–Trinajstić information content (AvgIpc) is 2.70. The highest BCUT2D eigenvalue weighted by atomic mass is 16.3. The topological polar surface area (TPSA) is 80.4 Å². The van der Waals surface area contributed by atoms with Gasteiger partial charge in [0.25, 0.3) is 5.56 Å². The van der Waals surface area contributed by atoms with Crippen LogP contribution < -0.4 is 5.56 Å². The molecule has 0 aliphatic heterocycles. The molecule has 0 saturated heterocycles. The molecule has 0 fully saturated rings. The van der Waals surface area contributed by atoms with Gasteiger partial charge in [-0.3, -0.25) is 14.8 Å². The van der Waals surface area contributed by atoms with Crippen molar-refractivity contribution < 1.29 is 5.11 Å². The van der Waals surface area contributed by atoms with Gasteiger partial charge in [-0.1, -0.05) is 24.3 Å². The quantitative estimate of drug-likeness (QED) is 0.580. The van der Waals surface area contributed by atoms with Gasteiger partial charge in [-0.15, -0.1) is 0 Å². The number of aromatic hydroxyl groups is 1. The molecule has 0 radical (unpaired) electrons. The van der Waals surface area contributed by atoms with E-state index in [1.54, 1.807) is 73.3 Å². The second-order valence-electron chi connectivity index (χ2n) is 5.57. The summed E-state index contributed by atoms with van der Waals surface area (Å²) in [6.45, 7) is 0. The van der Waals surface area contributed by atoms with Crippen molar-refractivity contribution in [3.8, 4) is 11.7 Å². The molecule has 6 nitrogen and oxygen atoms in total. The van der Waals surface area contributed by atoms with Crippen LogP contribution >= 0.6 is 0 Å². The Morgan fingerprint density at radius 3 is 2.38 bits per heavy atom. The maximum Gasteiger partial charge on any atom is 0.267 e. The highest BCUT2D eigenvalue weighted by Gasteiger charge is 2.16. The van der Waals surface area contributed by atoms with E-state index in [-0.39, 0.29) is 11.4 Å². The Morgan fingerprint density at radius 2 is 1.65 bits per heavy atom. The van der Waals surface area contributed by atoms with Crippen molar-refractivity contribution >= 4 is 22.7 Å². The molecule has 4 aromatic rings. The summed E-state index contributed by atoms with van der Waals surface area (Å²) < 4.78 is 1.19. The van der Waals surface area contributed by atoms with Crippen LogP contribution in [0.3, 0.4) is 0 Å². The molecule has 0 bridgehead atoms. The van der Waals surface area contributed by atoms with Gasteiger partial charge in [-0.2, -0.15) is 0 Å². The fourth-order valence-corrected chi connectivity index (χ4v) is 2.76. The first-order valence-electron chi connectivity index (χ1n) is 7.98. The van der Waals surface area contributed by atoms with Crippen molar-refractivity contribution in [2.24, 2.45) is 4.99 Å². The van der Waals surface area contributed by atoms with Gasteiger partial charge in [0.1, 0.15) is 5.82 Å². The highest BCUT2D eigenvalue weighted by Crippen LogP contribution is 2.25. The summed E-state index contributed by atoms with van der Waals surface area (Å²) in [6, 6.07) is 15.8. The predicted molar refractivity (Wildman–Crippen MR) is 100 cm³/mol. The molecular weight excluding hydrogens is 328 g/mol. The monoisotopic (exact) mass is 342 g/mol. The maximum atomic E-state index is 12.9. The van der Waals surface area contributed by atoms with Crippen molar-refractivity contribution in [1.29, 1.82) is 0 Å². The first kappa shape index (κ1) is 15.7. The van der Waals surface area contributed by atoms with E-state index in [4.69, 9.17) is 0 Å². The molecule has 0 spiro atoms. The number of fused-ring (bicyclic) bond motifs is 1. The average molecular weight is 342 g/mol. The summed E-state index contributed by atoms with van der Waals surface area (Å²) in [5, 5.41) is 11.9. The van der Waals surface area contributed by atoms with Gasteiger partial charge in [0, 0.05) is 35.6 Å². The zero-order valence-electron chi connectivity index (χ0n) is 13.6.